The van der Waals surface area contributed by atoms with Crippen LogP contribution in [0.15, 0.2) is 0 Å². The fraction of sp³-hybridized carbons (Fsp3) is 0.875. The van der Waals surface area contributed by atoms with Crippen LogP contribution in [0.25, 0.3) is 0 Å². The predicted molar refractivity (Wildman–Crippen MR) is 42.4 cm³/mol. The molecule has 1 amide bonds. The molecule has 0 aromatic heterocycles. The van der Waals surface area contributed by atoms with Gasteiger partial charge in [-0.2, -0.15) is 0 Å². The maximum atomic E-state index is 12.9. The molecule has 76 valence electrons. The molecule has 1 fully saturated rings. The van der Waals surface area contributed by atoms with Crippen molar-refractivity contribution in [1.82, 2.24) is 4.90 Å². The van der Waals surface area contributed by atoms with Gasteiger partial charge < -0.3 is 10.0 Å². The maximum absolute atomic E-state index is 12.9. The van der Waals surface area contributed by atoms with Crippen LogP contribution in [0.5, 0.6) is 0 Å². The fourth-order valence-electron chi connectivity index (χ4n) is 1.76. The first-order valence-corrected chi connectivity index (χ1v) is 4.08. The normalized spacial score (nSPS) is 32.2. The van der Waals surface area contributed by atoms with Crippen LogP contribution in [-0.4, -0.2) is 40.5 Å². The molecule has 0 aromatic carbocycles. The minimum atomic E-state index is -2.87. The summed E-state index contributed by atoms with van der Waals surface area (Å²) in [4.78, 5) is 12.0. The molecule has 0 saturated carbocycles. The lowest BCUT2D eigenvalue weighted by Crippen LogP contribution is -2.46. The van der Waals surface area contributed by atoms with E-state index in [4.69, 9.17) is 5.11 Å². The van der Waals surface area contributed by atoms with Gasteiger partial charge in [0.2, 0.25) is 5.91 Å². The minimum absolute atomic E-state index is 0.422. The molecule has 0 aliphatic carbocycles. The van der Waals surface area contributed by atoms with Gasteiger partial charge in [0.25, 0.3) is 5.92 Å². The van der Waals surface area contributed by atoms with Gasteiger partial charge in [-0.3, -0.25) is 4.79 Å². The van der Waals surface area contributed by atoms with Gasteiger partial charge in [0.1, 0.15) is 0 Å². The molecule has 1 unspecified atom stereocenters. The average molecular weight is 193 g/mol. The van der Waals surface area contributed by atoms with Crippen molar-refractivity contribution < 1.29 is 18.7 Å². The molecule has 3 nitrogen and oxygen atoms in total. The topological polar surface area (TPSA) is 40.5 Å². The summed E-state index contributed by atoms with van der Waals surface area (Å²) in [6.45, 7) is 1.69. The zero-order valence-electron chi connectivity index (χ0n) is 7.68. The van der Waals surface area contributed by atoms with E-state index in [-0.39, 0.29) is 0 Å². The second kappa shape index (κ2) is 2.90. The number of rotatable bonds is 1. The highest BCUT2D eigenvalue weighted by Crippen LogP contribution is 2.38. The molecule has 1 atom stereocenters. The SMILES string of the molecule is CC(=O)N1CC(F)(F)CC1(C)CO. The first-order valence-electron chi connectivity index (χ1n) is 4.08. The van der Waals surface area contributed by atoms with E-state index < -0.39 is 36.9 Å². The third-order valence-corrected chi connectivity index (χ3v) is 2.40. The van der Waals surface area contributed by atoms with Gasteiger partial charge in [0, 0.05) is 13.3 Å². The van der Waals surface area contributed by atoms with E-state index in [2.05, 4.69) is 0 Å². The predicted octanol–water partition coefficient (Wildman–Crippen LogP) is 0.625. The molecule has 0 spiro atoms. The molecule has 0 aromatic rings. The Morgan fingerprint density at radius 3 is 2.46 bits per heavy atom. The Kier molecular flexibility index (Phi) is 2.32. The number of likely N-dealkylation sites (tertiary alicyclic amines) is 1. The number of aliphatic hydroxyl groups is 1. The molecule has 13 heavy (non-hydrogen) atoms. The van der Waals surface area contributed by atoms with Gasteiger partial charge in [-0.1, -0.05) is 0 Å². The van der Waals surface area contributed by atoms with Crippen molar-refractivity contribution in [2.45, 2.75) is 31.7 Å². The van der Waals surface area contributed by atoms with Gasteiger partial charge in [0.05, 0.1) is 18.7 Å². The lowest BCUT2D eigenvalue weighted by molar-refractivity contribution is -0.134. The highest BCUT2D eigenvalue weighted by Gasteiger charge is 2.52. The van der Waals surface area contributed by atoms with Crippen LogP contribution in [0.1, 0.15) is 20.3 Å². The van der Waals surface area contributed by atoms with Crippen molar-refractivity contribution in [2.75, 3.05) is 13.2 Å². The van der Waals surface area contributed by atoms with Crippen LogP contribution in [-0.2, 0) is 4.79 Å². The number of carbonyl (C=O) groups excluding carboxylic acids is 1. The lowest BCUT2D eigenvalue weighted by Gasteiger charge is -2.31. The molecule has 1 N–H and O–H groups in total. The molecule has 1 heterocycles. The van der Waals surface area contributed by atoms with Crippen LogP contribution in [0.4, 0.5) is 8.78 Å². The molecular formula is C8H13F2NO2. The summed E-state index contributed by atoms with van der Waals surface area (Å²) < 4.78 is 25.9. The smallest absolute Gasteiger partial charge is 0.267 e. The highest BCUT2D eigenvalue weighted by molar-refractivity contribution is 5.74. The van der Waals surface area contributed by atoms with Crippen molar-refractivity contribution in [3.05, 3.63) is 0 Å². The summed E-state index contributed by atoms with van der Waals surface area (Å²) >= 11 is 0. The van der Waals surface area contributed by atoms with Crippen LogP contribution in [0.3, 0.4) is 0 Å². The summed E-state index contributed by atoms with van der Waals surface area (Å²) in [7, 11) is 0. The number of carbonyl (C=O) groups is 1. The van der Waals surface area contributed by atoms with E-state index >= 15 is 0 Å². The van der Waals surface area contributed by atoms with E-state index in [1.54, 1.807) is 0 Å². The highest BCUT2D eigenvalue weighted by atomic mass is 19.3. The maximum Gasteiger partial charge on any atom is 0.267 e. The van der Waals surface area contributed by atoms with Crippen LogP contribution in [0.2, 0.25) is 0 Å². The molecule has 1 aliphatic rings. The third kappa shape index (κ3) is 1.80. The van der Waals surface area contributed by atoms with Gasteiger partial charge in [-0.15, -0.1) is 0 Å². The van der Waals surface area contributed by atoms with E-state index in [0.717, 1.165) is 4.90 Å². The number of halogens is 2. The summed E-state index contributed by atoms with van der Waals surface area (Å²) in [6, 6.07) is 0. The summed E-state index contributed by atoms with van der Waals surface area (Å²) in [6.07, 6.45) is -0.462. The van der Waals surface area contributed by atoms with Crippen molar-refractivity contribution >= 4 is 5.91 Å². The van der Waals surface area contributed by atoms with Gasteiger partial charge in [0.15, 0.2) is 0 Å². The largest absolute Gasteiger partial charge is 0.394 e. The second-order valence-electron chi connectivity index (χ2n) is 3.79. The molecule has 5 heteroatoms. The number of hydrogen-bond acceptors (Lipinski definition) is 2. The number of hydrogen-bond donors (Lipinski definition) is 1. The lowest BCUT2D eigenvalue weighted by atomic mass is 9.99. The Bertz CT molecular complexity index is 232. The Morgan fingerprint density at radius 1 is 1.62 bits per heavy atom. The zero-order valence-corrected chi connectivity index (χ0v) is 7.68. The van der Waals surface area contributed by atoms with Gasteiger partial charge in [-0.05, 0) is 6.92 Å². The van der Waals surface area contributed by atoms with Crippen LogP contribution < -0.4 is 0 Å². The minimum Gasteiger partial charge on any atom is -0.394 e. The number of aliphatic hydroxyl groups excluding tert-OH is 1. The van der Waals surface area contributed by atoms with Crippen molar-refractivity contribution in [1.29, 1.82) is 0 Å². The fourth-order valence-corrected chi connectivity index (χ4v) is 1.76. The number of amides is 1. The first kappa shape index (κ1) is 10.4. The molecule has 1 saturated heterocycles. The molecule has 1 rings (SSSR count). The van der Waals surface area contributed by atoms with Crippen molar-refractivity contribution in [3.8, 4) is 0 Å². The first-order chi connectivity index (χ1) is 5.81. The standard InChI is InChI=1S/C8H13F2NO2/c1-6(13)11-4-8(9,10)3-7(11,2)5-12/h12H,3-5H2,1-2H3. The number of alkyl halides is 2. The van der Waals surface area contributed by atoms with Crippen molar-refractivity contribution in [3.63, 3.8) is 0 Å². The van der Waals surface area contributed by atoms with Gasteiger partial charge in [-0.25, -0.2) is 8.78 Å². The Labute approximate surface area is 75.3 Å². The third-order valence-electron chi connectivity index (χ3n) is 2.40. The van der Waals surface area contributed by atoms with Crippen LogP contribution >= 0.6 is 0 Å². The Hall–Kier alpha value is -0.710. The molecule has 0 bridgehead atoms. The molecule has 1 aliphatic heterocycles. The summed E-state index contributed by atoms with van der Waals surface area (Å²) in [5.74, 6) is -3.29. The monoisotopic (exact) mass is 193 g/mol. The Balaban J connectivity index is 2.90. The molecular weight excluding hydrogens is 180 g/mol. The van der Waals surface area contributed by atoms with E-state index in [1.807, 2.05) is 0 Å². The second-order valence-corrected chi connectivity index (χ2v) is 3.79. The summed E-state index contributed by atoms with van der Waals surface area (Å²) in [5, 5.41) is 8.95. The van der Waals surface area contributed by atoms with E-state index in [0.29, 0.717) is 0 Å². The van der Waals surface area contributed by atoms with Gasteiger partial charge >= 0.3 is 0 Å². The van der Waals surface area contributed by atoms with E-state index in [1.165, 1.54) is 13.8 Å². The quantitative estimate of drug-likeness (QED) is 0.663. The summed E-state index contributed by atoms with van der Waals surface area (Å²) in [5.41, 5.74) is -1.10. The zero-order chi connectivity index (χ0) is 10.3. The number of nitrogens with zero attached hydrogens (tertiary/aromatic N) is 1. The van der Waals surface area contributed by atoms with E-state index in [9.17, 15) is 13.6 Å². The Morgan fingerprint density at radius 2 is 2.15 bits per heavy atom. The van der Waals surface area contributed by atoms with Crippen molar-refractivity contribution in [2.24, 2.45) is 0 Å². The molecule has 0 radical (unpaired) electrons. The van der Waals surface area contributed by atoms with Crippen LogP contribution in [0, 0.1) is 0 Å². The average Bonchev–Trinajstić information content (AvgIpc) is 2.22.